The van der Waals surface area contributed by atoms with Gasteiger partial charge in [0.2, 0.25) is 0 Å². The minimum absolute atomic E-state index is 0.435. The van der Waals surface area contributed by atoms with Gasteiger partial charge in [-0.05, 0) is 111 Å². The number of hydrogen-bond acceptors (Lipinski definition) is 2. The Labute approximate surface area is 178 Å². The predicted molar refractivity (Wildman–Crippen MR) is 121 cm³/mol. The molecule has 0 bridgehead atoms. The first-order valence-corrected chi connectivity index (χ1v) is 12.7. The van der Waals surface area contributed by atoms with Crippen LogP contribution in [-0.4, -0.2) is 26.3 Å². The minimum Gasteiger partial charge on any atom is -0.381 e. The average molecular weight is 398 g/mol. The summed E-state index contributed by atoms with van der Waals surface area (Å²) in [5.74, 6) is 4.30. The normalized spacial score (nSPS) is 47.7. The van der Waals surface area contributed by atoms with Crippen LogP contribution in [0.25, 0.3) is 0 Å². The number of ether oxygens (including phenoxy) is 1. The summed E-state index contributed by atoms with van der Waals surface area (Å²) in [6.45, 7) is 10.2. The quantitative estimate of drug-likeness (QED) is 0.578. The van der Waals surface area contributed by atoms with Gasteiger partial charge >= 0.3 is 0 Å². The predicted octanol–water partition coefficient (Wildman–Crippen LogP) is 6.14. The standard InChI is InChI=1S/C27H43NO/c1-5-18-16-20-17-21(29-4)8-12-26(20,2)24-9-13-27(3)22(6-7-23(27)25(18)24)19-10-14-28-15-11-19/h6,16,18-19,21,23-25,28H,5,7-15,17H2,1-4H3/t18?,21?,23-,24+,25-,26-,27+/m0/s1. The first kappa shape index (κ1) is 20.3. The highest BCUT2D eigenvalue weighted by molar-refractivity contribution is 5.32. The molecular weight excluding hydrogens is 354 g/mol. The maximum atomic E-state index is 5.80. The van der Waals surface area contributed by atoms with Crippen molar-refractivity contribution < 1.29 is 4.74 Å². The molecule has 2 heteroatoms. The molecule has 0 aromatic heterocycles. The van der Waals surface area contributed by atoms with Gasteiger partial charge in [-0.3, -0.25) is 0 Å². The molecule has 2 nitrogen and oxygen atoms in total. The molecule has 1 heterocycles. The zero-order valence-electron chi connectivity index (χ0n) is 19.3. The van der Waals surface area contributed by atoms with Crippen LogP contribution in [0.4, 0.5) is 0 Å². The average Bonchev–Trinajstić information content (AvgIpc) is 3.10. The molecule has 0 aromatic rings. The molecule has 0 amide bonds. The maximum absolute atomic E-state index is 5.80. The van der Waals surface area contributed by atoms with Gasteiger partial charge in [0.15, 0.2) is 0 Å². The Hall–Kier alpha value is -0.600. The van der Waals surface area contributed by atoms with Crippen LogP contribution in [0, 0.1) is 40.4 Å². The lowest BCUT2D eigenvalue weighted by Gasteiger charge is -2.60. The number of rotatable bonds is 3. The molecule has 2 unspecified atom stereocenters. The number of fused-ring (bicyclic) bond motifs is 5. The van der Waals surface area contributed by atoms with Gasteiger partial charge in [-0.15, -0.1) is 0 Å². The van der Waals surface area contributed by atoms with Crippen LogP contribution in [0.2, 0.25) is 0 Å². The summed E-state index contributed by atoms with van der Waals surface area (Å²) in [6, 6.07) is 0. The van der Waals surface area contributed by atoms with Gasteiger partial charge in [-0.1, -0.05) is 44.1 Å². The van der Waals surface area contributed by atoms with Crippen molar-refractivity contribution in [2.75, 3.05) is 20.2 Å². The maximum Gasteiger partial charge on any atom is 0.0608 e. The lowest BCUT2D eigenvalue weighted by molar-refractivity contribution is -0.0577. The van der Waals surface area contributed by atoms with Crippen molar-refractivity contribution in [3.63, 3.8) is 0 Å². The van der Waals surface area contributed by atoms with Crippen molar-refractivity contribution in [3.8, 4) is 0 Å². The third-order valence-corrected chi connectivity index (χ3v) is 10.5. The number of hydrogen-bond donors (Lipinski definition) is 1. The fourth-order valence-electron chi connectivity index (χ4n) is 8.75. The van der Waals surface area contributed by atoms with E-state index in [1.165, 1.54) is 70.9 Å². The number of nitrogens with one attached hydrogen (secondary N) is 1. The van der Waals surface area contributed by atoms with Gasteiger partial charge in [-0.25, -0.2) is 0 Å². The largest absolute Gasteiger partial charge is 0.381 e. The third-order valence-electron chi connectivity index (χ3n) is 10.5. The van der Waals surface area contributed by atoms with Gasteiger partial charge in [-0.2, -0.15) is 0 Å². The van der Waals surface area contributed by atoms with Crippen LogP contribution in [0.3, 0.4) is 0 Å². The van der Waals surface area contributed by atoms with Crippen molar-refractivity contribution in [2.45, 2.75) is 84.7 Å². The fourth-order valence-corrected chi connectivity index (χ4v) is 8.75. The topological polar surface area (TPSA) is 21.3 Å². The van der Waals surface area contributed by atoms with Crippen LogP contribution in [0.1, 0.15) is 78.6 Å². The second-order valence-electron chi connectivity index (χ2n) is 11.4. The van der Waals surface area contributed by atoms with Crippen molar-refractivity contribution in [1.29, 1.82) is 0 Å². The van der Waals surface area contributed by atoms with E-state index in [9.17, 15) is 0 Å². The van der Waals surface area contributed by atoms with E-state index >= 15 is 0 Å². The molecule has 1 aliphatic heterocycles. The number of piperidine rings is 1. The molecule has 7 atom stereocenters. The fraction of sp³-hybridized carbons (Fsp3) is 0.852. The van der Waals surface area contributed by atoms with Crippen molar-refractivity contribution >= 4 is 0 Å². The van der Waals surface area contributed by atoms with E-state index in [4.69, 9.17) is 4.74 Å². The first-order valence-electron chi connectivity index (χ1n) is 12.7. The zero-order chi connectivity index (χ0) is 20.2. The van der Waals surface area contributed by atoms with E-state index in [2.05, 4.69) is 38.2 Å². The van der Waals surface area contributed by atoms with Crippen LogP contribution >= 0.6 is 0 Å². The highest BCUT2D eigenvalue weighted by atomic mass is 16.5. The molecule has 4 aliphatic carbocycles. The van der Waals surface area contributed by atoms with Gasteiger partial charge in [0.25, 0.3) is 0 Å². The summed E-state index contributed by atoms with van der Waals surface area (Å²) in [7, 11) is 1.91. The summed E-state index contributed by atoms with van der Waals surface area (Å²) < 4.78 is 5.80. The van der Waals surface area contributed by atoms with E-state index in [0.717, 1.165) is 29.6 Å². The number of allylic oxidation sites excluding steroid dienone is 3. The van der Waals surface area contributed by atoms with E-state index in [-0.39, 0.29) is 0 Å². The van der Waals surface area contributed by atoms with Crippen molar-refractivity contribution in [1.82, 2.24) is 5.32 Å². The molecule has 3 fully saturated rings. The highest BCUT2D eigenvalue weighted by Gasteiger charge is 2.59. The van der Waals surface area contributed by atoms with Crippen molar-refractivity contribution in [3.05, 3.63) is 23.3 Å². The Morgan fingerprint density at radius 2 is 1.79 bits per heavy atom. The van der Waals surface area contributed by atoms with E-state index in [0.29, 0.717) is 16.9 Å². The number of methoxy groups -OCH3 is 1. The summed E-state index contributed by atoms with van der Waals surface area (Å²) in [5.41, 5.74) is 4.55. The van der Waals surface area contributed by atoms with Crippen LogP contribution in [0.5, 0.6) is 0 Å². The summed E-state index contributed by atoms with van der Waals surface area (Å²) in [6.07, 6.45) is 18.0. The molecule has 0 spiro atoms. The smallest absolute Gasteiger partial charge is 0.0608 e. The Morgan fingerprint density at radius 1 is 1.03 bits per heavy atom. The van der Waals surface area contributed by atoms with Gasteiger partial charge in [0.1, 0.15) is 0 Å². The Bertz CT molecular complexity index is 689. The van der Waals surface area contributed by atoms with E-state index in [1.54, 1.807) is 5.57 Å². The summed E-state index contributed by atoms with van der Waals surface area (Å²) in [5, 5.41) is 3.58. The lowest BCUT2D eigenvalue weighted by Crippen LogP contribution is -2.53. The second-order valence-corrected chi connectivity index (χ2v) is 11.4. The summed E-state index contributed by atoms with van der Waals surface area (Å²) in [4.78, 5) is 0. The highest BCUT2D eigenvalue weighted by Crippen LogP contribution is 2.67. The van der Waals surface area contributed by atoms with Crippen LogP contribution in [0.15, 0.2) is 23.3 Å². The lowest BCUT2D eigenvalue weighted by atomic mass is 9.44. The minimum atomic E-state index is 0.435. The molecule has 29 heavy (non-hydrogen) atoms. The Morgan fingerprint density at radius 3 is 2.52 bits per heavy atom. The molecule has 2 saturated carbocycles. The van der Waals surface area contributed by atoms with Gasteiger partial charge < -0.3 is 10.1 Å². The Balaban J connectivity index is 1.46. The molecular formula is C27H43NO. The molecule has 5 rings (SSSR count). The summed E-state index contributed by atoms with van der Waals surface area (Å²) >= 11 is 0. The molecule has 162 valence electrons. The van der Waals surface area contributed by atoms with E-state index in [1.807, 2.05) is 12.7 Å². The molecule has 0 radical (unpaired) electrons. The third kappa shape index (κ3) is 3.03. The monoisotopic (exact) mass is 397 g/mol. The Kier molecular flexibility index (Phi) is 5.27. The van der Waals surface area contributed by atoms with Crippen LogP contribution < -0.4 is 5.32 Å². The van der Waals surface area contributed by atoms with Crippen molar-refractivity contribution in [2.24, 2.45) is 40.4 Å². The molecule has 0 aromatic carbocycles. The molecule has 1 N–H and O–H groups in total. The van der Waals surface area contributed by atoms with Crippen LogP contribution in [-0.2, 0) is 4.74 Å². The van der Waals surface area contributed by atoms with E-state index < -0.39 is 0 Å². The molecule has 1 saturated heterocycles. The molecule has 5 aliphatic rings. The SMILES string of the molecule is CCC1C=C2CC(OC)CC[C@]2(C)[C@@H]2CC[C@]3(C)C(C4CCNCC4)=CC[C@H]3[C@H]12. The van der Waals surface area contributed by atoms with Gasteiger partial charge in [0.05, 0.1) is 6.10 Å². The first-order chi connectivity index (χ1) is 14.0. The zero-order valence-corrected chi connectivity index (χ0v) is 19.3. The van der Waals surface area contributed by atoms with Gasteiger partial charge in [0, 0.05) is 7.11 Å². The second kappa shape index (κ2) is 7.52.